The van der Waals surface area contributed by atoms with Crippen LogP contribution in [-0.4, -0.2) is 35.4 Å². The molecule has 5 nitrogen and oxygen atoms in total. The summed E-state index contributed by atoms with van der Waals surface area (Å²) in [6, 6.07) is 6.66. The molecule has 1 heterocycles. The summed E-state index contributed by atoms with van der Waals surface area (Å²) in [6.45, 7) is 3.88. The molecule has 5 heteroatoms. The van der Waals surface area contributed by atoms with Gasteiger partial charge in [-0.2, -0.15) is 0 Å². The molecule has 1 aromatic rings. The Kier molecular flexibility index (Phi) is 4.85. The highest BCUT2D eigenvalue weighted by molar-refractivity contribution is 6.08. The van der Waals surface area contributed by atoms with Crippen LogP contribution in [0.2, 0.25) is 0 Å². The SMILES string of the molecule is CCCCN1C(=O)C(O)=C(C(C)=O)C1c1ccccc1OC. The molecule has 1 aromatic carbocycles. The number of benzene rings is 1. The number of hydrogen-bond donors (Lipinski definition) is 1. The standard InChI is InChI=1S/C17H21NO4/c1-4-5-10-18-15(12-8-6-7-9-13(12)22-3)14(11(2)19)16(20)17(18)21/h6-9,15,20H,4-5,10H2,1-3H3. The van der Waals surface area contributed by atoms with E-state index in [1.807, 2.05) is 25.1 Å². The van der Waals surface area contributed by atoms with Gasteiger partial charge in [-0.05, 0) is 19.4 Å². The molecular formula is C17H21NO4. The smallest absolute Gasteiger partial charge is 0.290 e. The number of aliphatic hydroxyl groups is 1. The van der Waals surface area contributed by atoms with Crippen molar-refractivity contribution in [3.05, 3.63) is 41.2 Å². The fourth-order valence-corrected chi connectivity index (χ4v) is 2.79. The summed E-state index contributed by atoms with van der Waals surface area (Å²) in [7, 11) is 1.54. The van der Waals surface area contributed by atoms with E-state index in [1.54, 1.807) is 18.1 Å². The summed E-state index contributed by atoms with van der Waals surface area (Å²) in [5.74, 6) is -0.648. The molecule has 1 aliphatic rings. The predicted molar refractivity (Wildman–Crippen MR) is 82.7 cm³/mol. The predicted octanol–water partition coefficient (Wildman–Crippen LogP) is 2.78. The number of amides is 1. The van der Waals surface area contributed by atoms with Gasteiger partial charge >= 0.3 is 0 Å². The Hall–Kier alpha value is -2.30. The quantitative estimate of drug-likeness (QED) is 0.877. The number of aliphatic hydroxyl groups excluding tert-OH is 1. The van der Waals surface area contributed by atoms with E-state index in [1.165, 1.54) is 6.92 Å². The first kappa shape index (κ1) is 16.1. The van der Waals surface area contributed by atoms with Crippen LogP contribution in [0.3, 0.4) is 0 Å². The number of ether oxygens (including phenoxy) is 1. The van der Waals surface area contributed by atoms with E-state index in [0.29, 0.717) is 17.9 Å². The van der Waals surface area contributed by atoms with Gasteiger partial charge in [-0.15, -0.1) is 0 Å². The molecule has 1 N–H and O–H groups in total. The molecule has 1 aliphatic heterocycles. The monoisotopic (exact) mass is 303 g/mol. The Labute approximate surface area is 130 Å². The molecular weight excluding hydrogens is 282 g/mol. The molecule has 118 valence electrons. The molecule has 0 aromatic heterocycles. The Bertz CT molecular complexity index is 621. The molecule has 0 saturated heterocycles. The van der Waals surface area contributed by atoms with Crippen molar-refractivity contribution in [2.45, 2.75) is 32.7 Å². The van der Waals surface area contributed by atoms with Crippen molar-refractivity contribution in [1.29, 1.82) is 0 Å². The highest BCUT2D eigenvalue weighted by Crippen LogP contribution is 2.41. The second-order valence-corrected chi connectivity index (χ2v) is 5.32. The lowest BCUT2D eigenvalue weighted by molar-refractivity contribution is -0.129. The number of Topliss-reactive ketones (excluding diaryl/α,β-unsaturated/α-hetero) is 1. The molecule has 0 bridgehead atoms. The fraction of sp³-hybridized carbons (Fsp3) is 0.412. The molecule has 0 radical (unpaired) electrons. The second kappa shape index (κ2) is 6.64. The zero-order chi connectivity index (χ0) is 16.3. The number of carbonyl (C=O) groups excluding carboxylic acids is 2. The average molecular weight is 303 g/mol. The van der Waals surface area contributed by atoms with Crippen LogP contribution in [0, 0.1) is 0 Å². The van der Waals surface area contributed by atoms with Crippen molar-refractivity contribution in [3.8, 4) is 5.75 Å². The van der Waals surface area contributed by atoms with Crippen molar-refractivity contribution < 1.29 is 19.4 Å². The summed E-state index contributed by atoms with van der Waals surface area (Å²) in [6.07, 6.45) is 1.72. The van der Waals surface area contributed by atoms with E-state index in [4.69, 9.17) is 4.74 Å². The minimum atomic E-state index is -0.590. The van der Waals surface area contributed by atoms with Crippen LogP contribution in [-0.2, 0) is 9.59 Å². The van der Waals surface area contributed by atoms with Crippen LogP contribution in [0.1, 0.15) is 38.3 Å². The van der Waals surface area contributed by atoms with E-state index < -0.39 is 17.7 Å². The molecule has 0 saturated carbocycles. The number of nitrogens with zero attached hydrogens (tertiary/aromatic N) is 1. The van der Waals surface area contributed by atoms with Crippen molar-refractivity contribution >= 4 is 11.7 Å². The second-order valence-electron chi connectivity index (χ2n) is 5.32. The zero-order valence-corrected chi connectivity index (χ0v) is 13.1. The normalized spacial score (nSPS) is 18.0. The molecule has 0 aliphatic carbocycles. The number of ketones is 1. The molecule has 1 atom stereocenters. The lowest BCUT2D eigenvalue weighted by Gasteiger charge is -2.27. The largest absolute Gasteiger partial charge is 0.503 e. The summed E-state index contributed by atoms with van der Waals surface area (Å²) >= 11 is 0. The van der Waals surface area contributed by atoms with E-state index >= 15 is 0 Å². The van der Waals surface area contributed by atoms with E-state index in [0.717, 1.165) is 12.8 Å². The summed E-state index contributed by atoms with van der Waals surface area (Å²) in [4.78, 5) is 25.9. The summed E-state index contributed by atoms with van der Waals surface area (Å²) in [5.41, 5.74) is 0.856. The molecule has 22 heavy (non-hydrogen) atoms. The number of carbonyl (C=O) groups is 2. The van der Waals surface area contributed by atoms with Crippen LogP contribution in [0.5, 0.6) is 5.75 Å². The van der Waals surface area contributed by atoms with Crippen LogP contribution in [0.25, 0.3) is 0 Å². The summed E-state index contributed by atoms with van der Waals surface area (Å²) < 4.78 is 5.36. The first-order chi connectivity index (χ1) is 10.5. The van der Waals surface area contributed by atoms with Gasteiger partial charge in [0.15, 0.2) is 11.5 Å². The molecule has 1 unspecified atom stereocenters. The maximum Gasteiger partial charge on any atom is 0.290 e. The van der Waals surface area contributed by atoms with E-state index in [2.05, 4.69) is 0 Å². The van der Waals surface area contributed by atoms with Gasteiger partial charge in [-0.25, -0.2) is 0 Å². The number of hydrogen-bond acceptors (Lipinski definition) is 4. The third-order valence-electron chi connectivity index (χ3n) is 3.87. The Morgan fingerprint density at radius 2 is 2.05 bits per heavy atom. The molecule has 2 rings (SSSR count). The van der Waals surface area contributed by atoms with Crippen molar-refractivity contribution in [2.75, 3.05) is 13.7 Å². The average Bonchev–Trinajstić information content (AvgIpc) is 2.77. The van der Waals surface area contributed by atoms with Crippen molar-refractivity contribution in [3.63, 3.8) is 0 Å². The first-order valence-corrected chi connectivity index (χ1v) is 7.40. The van der Waals surface area contributed by atoms with E-state index in [-0.39, 0.29) is 11.4 Å². The maximum absolute atomic E-state index is 12.3. The first-order valence-electron chi connectivity index (χ1n) is 7.40. The van der Waals surface area contributed by atoms with Gasteiger partial charge < -0.3 is 14.7 Å². The van der Waals surface area contributed by atoms with Crippen LogP contribution >= 0.6 is 0 Å². The van der Waals surface area contributed by atoms with Gasteiger partial charge in [0, 0.05) is 12.1 Å². The third-order valence-corrected chi connectivity index (χ3v) is 3.87. The Morgan fingerprint density at radius 3 is 2.64 bits per heavy atom. The third kappa shape index (κ3) is 2.71. The van der Waals surface area contributed by atoms with Crippen LogP contribution in [0.15, 0.2) is 35.6 Å². The highest BCUT2D eigenvalue weighted by atomic mass is 16.5. The number of rotatable bonds is 6. The Balaban J connectivity index is 2.54. The highest BCUT2D eigenvalue weighted by Gasteiger charge is 2.42. The minimum absolute atomic E-state index is 0.144. The fourth-order valence-electron chi connectivity index (χ4n) is 2.79. The van der Waals surface area contributed by atoms with Gasteiger partial charge in [0.2, 0.25) is 0 Å². The van der Waals surface area contributed by atoms with Gasteiger partial charge in [0.1, 0.15) is 5.75 Å². The number of methoxy groups -OCH3 is 1. The van der Waals surface area contributed by atoms with Crippen molar-refractivity contribution in [1.82, 2.24) is 4.90 Å². The lowest BCUT2D eigenvalue weighted by Crippen LogP contribution is -2.32. The maximum atomic E-state index is 12.3. The summed E-state index contributed by atoms with van der Waals surface area (Å²) in [5, 5.41) is 10.1. The van der Waals surface area contributed by atoms with Gasteiger partial charge in [-0.1, -0.05) is 31.5 Å². The topological polar surface area (TPSA) is 66.8 Å². The molecule has 1 amide bonds. The minimum Gasteiger partial charge on any atom is -0.503 e. The van der Waals surface area contributed by atoms with E-state index in [9.17, 15) is 14.7 Å². The van der Waals surface area contributed by atoms with Crippen LogP contribution in [0.4, 0.5) is 0 Å². The number of para-hydroxylation sites is 1. The van der Waals surface area contributed by atoms with Crippen molar-refractivity contribution in [2.24, 2.45) is 0 Å². The Morgan fingerprint density at radius 1 is 1.36 bits per heavy atom. The number of unbranched alkanes of at least 4 members (excludes halogenated alkanes) is 1. The molecule has 0 spiro atoms. The zero-order valence-electron chi connectivity index (χ0n) is 13.1. The molecule has 0 fully saturated rings. The van der Waals surface area contributed by atoms with Gasteiger partial charge in [0.05, 0.1) is 18.7 Å². The van der Waals surface area contributed by atoms with Gasteiger partial charge in [0.25, 0.3) is 5.91 Å². The van der Waals surface area contributed by atoms with Gasteiger partial charge in [-0.3, -0.25) is 9.59 Å². The lowest BCUT2D eigenvalue weighted by atomic mass is 9.96. The van der Waals surface area contributed by atoms with Crippen LogP contribution < -0.4 is 4.74 Å².